The minimum absolute atomic E-state index is 0.0255. The molecule has 1 aromatic heterocycles. The zero-order valence-electron chi connectivity index (χ0n) is 28.1. The molecule has 1 N–H and O–H groups in total. The average molecular weight is 702 g/mol. The van der Waals surface area contributed by atoms with Crippen LogP contribution in [-0.2, 0) is 14.3 Å². The molecule has 1 saturated carbocycles. The summed E-state index contributed by atoms with van der Waals surface area (Å²) in [5.74, 6) is -3.98. The lowest BCUT2D eigenvalue weighted by Crippen LogP contribution is -2.48. The average Bonchev–Trinajstić information content (AvgIpc) is 3.88. The van der Waals surface area contributed by atoms with E-state index in [1.54, 1.807) is 45.6 Å². The first-order valence-corrected chi connectivity index (χ1v) is 17.0. The summed E-state index contributed by atoms with van der Waals surface area (Å²) in [6, 6.07) is 14.3. The molecule has 0 radical (unpaired) electrons. The summed E-state index contributed by atoms with van der Waals surface area (Å²) in [6.07, 6.45) is 3.66. The number of halogens is 2. The molecule has 3 aromatic carbocycles. The number of carbonyl (C=O) groups is 3. The van der Waals surface area contributed by atoms with Gasteiger partial charge in [-0.05, 0) is 61.8 Å². The minimum Gasteiger partial charge on any atom is -0.492 e. The second-order valence-corrected chi connectivity index (χ2v) is 13.3. The van der Waals surface area contributed by atoms with Crippen LogP contribution in [0.4, 0.5) is 19.3 Å². The number of ether oxygens (including phenoxy) is 3. The van der Waals surface area contributed by atoms with Crippen LogP contribution in [0.1, 0.15) is 60.5 Å². The first kappa shape index (κ1) is 34.0. The highest BCUT2D eigenvalue weighted by atomic mass is 19.1. The van der Waals surface area contributed by atoms with Gasteiger partial charge in [0.2, 0.25) is 12.2 Å². The van der Waals surface area contributed by atoms with E-state index in [0.29, 0.717) is 41.7 Å². The number of benzene rings is 3. The Labute approximate surface area is 291 Å². The molecule has 0 bridgehead atoms. The summed E-state index contributed by atoms with van der Waals surface area (Å²) in [4.78, 5) is 54.4. The number of aromatic carboxylic acids is 1. The van der Waals surface area contributed by atoms with Gasteiger partial charge in [-0.25, -0.2) is 18.4 Å². The van der Waals surface area contributed by atoms with Crippen molar-refractivity contribution in [2.75, 3.05) is 38.4 Å². The third-order valence-corrected chi connectivity index (χ3v) is 10.2. The molecule has 0 spiro atoms. The lowest BCUT2D eigenvalue weighted by atomic mass is 9.92. The maximum atomic E-state index is 16.0. The van der Waals surface area contributed by atoms with Crippen LogP contribution in [0.15, 0.2) is 65.6 Å². The zero-order chi connectivity index (χ0) is 36.0. The number of pyridine rings is 1. The van der Waals surface area contributed by atoms with Gasteiger partial charge in [-0.3, -0.25) is 9.59 Å². The third kappa shape index (κ3) is 6.36. The van der Waals surface area contributed by atoms with E-state index in [-0.39, 0.29) is 41.4 Å². The molecule has 266 valence electrons. The summed E-state index contributed by atoms with van der Waals surface area (Å²) in [7, 11) is 1.38. The number of piperidine rings is 1. The Balaban J connectivity index is 1.04. The Bertz CT molecular complexity index is 2080. The number of nitrogens with zero attached hydrogens (tertiary/aromatic N) is 3. The molecule has 7 rings (SSSR count). The number of hydrogen-bond donors (Lipinski definition) is 1. The van der Waals surface area contributed by atoms with Crippen LogP contribution < -0.4 is 15.1 Å². The van der Waals surface area contributed by atoms with Crippen LogP contribution in [0.2, 0.25) is 0 Å². The predicted molar refractivity (Wildman–Crippen MR) is 183 cm³/mol. The molecule has 3 atom stereocenters. The Morgan fingerprint density at radius 2 is 1.75 bits per heavy atom. The van der Waals surface area contributed by atoms with E-state index in [2.05, 4.69) is 0 Å². The Hall–Kier alpha value is -5.46. The van der Waals surface area contributed by atoms with Gasteiger partial charge in [0.25, 0.3) is 0 Å². The molecule has 3 aliphatic rings. The van der Waals surface area contributed by atoms with Crippen LogP contribution in [0.25, 0.3) is 22.0 Å². The van der Waals surface area contributed by atoms with Gasteiger partial charge < -0.3 is 33.7 Å². The monoisotopic (exact) mass is 701 g/mol. The highest BCUT2D eigenvalue weighted by Crippen LogP contribution is 2.45. The molecule has 11 nitrogen and oxygen atoms in total. The molecule has 4 aromatic rings. The molecule has 3 fully saturated rings. The second-order valence-electron chi connectivity index (χ2n) is 13.3. The third-order valence-electron chi connectivity index (χ3n) is 10.2. The quantitative estimate of drug-likeness (QED) is 0.157. The summed E-state index contributed by atoms with van der Waals surface area (Å²) in [5.41, 5.74) is 0.798. The van der Waals surface area contributed by atoms with E-state index in [0.717, 1.165) is 25.3 Å². The Morgan fingerprint density at radius 3 is 2.43 bits per heavy atom. The van der Waals surface area contributed by atoms with Crippen molar-refractivity contribution in [1.29, 1.82) is 0 Å². The number of fused-ring (bicyclic) bond motifs is 2. The molecular weight excluding hydrogens is 664 g/mol. The van der Waals surface area contributed by atoms with Crippen molar-refractivity contribution < 1.29 is 42.5 Å². The van der Waals surface area contributed by atoms with Crippen LogP contribution in [0.3, 0.4) is 0 Å². The number of methoxy groups -OCH3 is 1. The Morgan fingerprint density at radius 1 is 0.980 bits per heavy atom. The number of aromatic nitrogens is 1. The number of amides is 1. The largest absolute Gasteiger partial charge is 0.492 e. The fourth-order valence-corrected chi connectivity index (χ4v) is 7.45. The Kier molecular flexibility index (Phi) is 9.13. The summed E-state index contributed by atoms with van der Waals surface area (Å²) < 4.78 is 49.0. The second kappa shape index (κ2) is 13.7. The molecule has 3 heterocycles. The van der Waals surface area contributed by atoms with Gasteiger partial charge in [0.15, 0.2) is 11.6 Å². The number of carboxylic acids is 1. The van der Waals surface area contributed by atoms with Crippen molar-refractivity contribution in [3.05, 3.63) is 93.8 Å². The van der Waals surface area contributed by atoms with E-state index in [1.807, 2.05) is 18.2 Å². The van der Waals surface area contributed by atoms with Crippen molar-refractivity contribution >= 4 is 34.6 Å². The SMILES string of the molecule is COc1c(N2CC3CCCN(C(=O)OCOC(=O)C(C)c4ccc(-c5ccccc5)c(F)c4)C3C2)c(F)cc2c(=O)c(C(=O)O)cn(C3CC3)c12. The van der Waals surface area contributed by atoms with Gasteiger partial charge in [0.1, 0.15) is 17.1 Å². The lowest BCUT2D eigenvalue weighted by Gasteiger charge is -2.35. The first-order chi connectivity index (χ1) is 24.6. The number of hydrogen-bond acceptors (Lipinski definition) is 8. The van der Waals surface area contributed by atoms with Crippen LogP contribution in [0, 0.1) is 17.6 Å². The molecule has 13 heteroatoms. The molecular formula is C38H37F2N3O8. The highest BCUT2D eigenvalue weighted by Gasteiger charge is 2.44. The zero-order valence-corrected chi connectivity index (χ0v) is 28.1. The number of likely N-dealkylation sites (tertiary alicyclic amines) is 1. The van der Waals surface area contributed by atoms with Gasteiger partial charge >= 0.3 is 18.0 Å². The molecule has 2 saturated heterocycles. The molecule has 2 aliphatic heterocycles. The predicted octanol–water partition coefficient (Wildman–Crippen LogP) is 6.33. The maximum absolute atomic E-state index is 16.0. The minimum atomic E-state index is -1.39. The fraction of sp³-hybridized carbons (Fsp3) is 0.368. The van der Waals surface area contributed by atoms with Crippen molar-refractivity contribution in [2.45, 2.75) is 50.6 Å². The number of anilines is 1. The first-order valence-electron chi connectivity index (χ1n) is 17.0. The van der Waals surface area contributed by atoms with Crippen molar-refractivity contribution in [3.63, 3.8) is 0 Å². The maximum Gasteiger partial charge on any atom is 0.412 e. The lowest BCUT2D eigenvalue weighted by molar-refractivity contribution is -0.154. The molecule has 51 heavy (non-hydrogen) atoms. The fourth-order valence-electron chi connectivity index (χ4n) is 7.45. The molecule has 1 aliphatic carbocycles. The van der Waals surface area contributed by atoms with Crippen LogP contribution in [0.5, 0.6) is 5.75 Å². The molecule has 3 unspecified atom stereocenters. The number of carbonyl (C=O) groups excluding carboxylic acids is 2. The summed E-state index contributed by atoms with van der Waals surface area (Å²) in [5, 5.41) is 9.57. The molecule has 1 amide bonds. The summed E-state index contributed by atoms with van der Waals surface area (Å²) >= 11 is 0. The standard InChI is InChI=1S/C38H37F2N3O8/c1-21(23-10-13-26(29(39)15-23)22-7-4-3-5-8-22)37(47)50-20-51-38(48)42-14-6-9-24-17-41(19-31(24)42)33-30(40)16-27-32(35(33)49-2)43(25-11-12-25)18-28(34(27)44)36(45)46/h3-5,7-8,10,13,15-16,18,21,24-25,31H,6,9,11-12,14,17,19-20H2,1-2H3,(H,45,46). The van der Waals surface area contributed by atoms with Gasteiger partial charge in [0, 0.05) is 37.4 Å². The highest BCUT2D eigenvalue weighted by molar-refractivity contribution is 5.97. The number of esters is 1. The van der Waals surface area contributed by atoms with E-state index in [4.69, 9.17) is 14.2 Å². The van der Waals surface area contributed by atoms with Crippen molar-refractivity contribution in [1.82, 2.24) is 9.47 Å². The van der Waals surface area contributed by atoms with Crippen molar-refractivity contribution in [3.8, 4) is 16.9 Å². The van der Waals surface area contributed by atoms with E-state index >= 15 is 4.39 Å². The van der Waals surface area contributed by atoms with E-state index in [1.165, 1.54) is 19.4 Å². The smallest absolute Gasteiger partial charge is 0.412 e. The van der Waals surface area contributed by atoms with Gasteiger partial charge in [-0.15, -0.1) is 0 Å². The van der Waals surface area contributed by atoms with Crippen LogP contribution >= 0.6 is 0 Å². The normalized spacial score (nSPS) is 19.1. The van der Waals surface area contributed by atoms with E-state index in [9.17, 15) is 28.7 Å². The number of rotatable bonds is 9. The van der Waals surface area contributed by atoms with Crippen molar-refractivity contribution in [2.24, 2.45) is 5.92 Å². The van der Waals surface area contributed by atoms with Crippen LogP contribution in [-0.4, -0.2) is 72.2 Å². The number of carboxylic acid groups (broad SMARTS) is 1. The van der Waals surface area contributed by atoms with Gasteiger partial charge in [0.05, 0.1) is 30.0 Å². The van der Waals surface area contributed by atoms with E-state index < -0.39 is 53.4 Å². The van der Waals surface area contributed by atoms with Gasteiger partial charge in [-0.2, -0.15) is 0 Å². The van der Waals surface area contributed by atoms with Gasteiger partial charge in [-0.1, -0.05) is 42.5 Å². The summed E-state index contributed by atoms with van der Waals surface area (Å²) in [6.45, 7) is 2.00. The topological polar surface area (TPSA) is 128 Å².